The quantitative estimate of drug-likeness (QED) is 0.778. The van der Waals surface area contributed by atoms with Crippen molar-refractivity contribution >= 4 is 0 Å². The van der Waals surface area contributed by atoms with Gasteiger partial charge in [-0.05, 0) is 38.5 Å². The van der Waals surface area contributed by atoms with Crippen molar-refractivity contribution in [2.75, 3.05) is 0 Å². The first-order chi connectivity index (χ1) is 7.86. The zero-order valence-corrected chi connectivity index (χ0v) is 11.6. The molecule has 0 spiro atoms. The SMILES string of the molecule is CC(C)C(C)(O)C12CCCCC1(O)CCCC2. The van der Waals surface area contributed by atoms with Crippen LogP contribution < -0.4 is 0 Å². The van der Waals surface area contributed by atoms with Gasteiger partial charge in [-0.3, -0.25) is 0 Å². The first-order valence-corrected chi connectivity index (χ1v) is 7.30. The van der Waals surface area contributed by atoms with Gasteiger partial charge in [-0.2, -0.15) is 0 Å². The molecular weight excluding hydrogens is 212 g/mol. The molecular formula is C15H28O2. The van der Waals surface area contributed by atoms with Crippen LogP contribution in [0.3, 0.4) is 0 Å². The summed E-state index contributed by atoms with van der Waals surface area (Å²) in [5.41, 5.74) is -1.62. The van der Waals surface area contributed by atoms with E-state index in [0.29, 0.717) is 0 Å². The van der Waals surface area contributed by atoms with Crippen LogP contribution in [-0.2, 0) is 0 Å². The number of aliphatic hydroxyl groups is 2. The molecule has 2 nitrogen and oxygen atoms in total. The Hall–Kier alpha value is -0.0800. The van der Waals surface area contributed by atoms with E-state index < -0.39 is 11.2 Å². The molecule has 0 aromatic carbocycles. The molecule has 2 aliphatic carbocycles. The Morgan fingerprint density at radius 2 is 1.35 bits per heavy atom. The van der Waals surface area contributed by atoms with E-state index in [4.69, 9.17) is 0 Å². The summed E-state index contributed by atoms with van der Waals surface area (Å²) < 4.78 is 0. The lowest BCUT2D eigenvalue weighted by Crippen LogP contribution is -2.65. The van der Waals surface area contributed by atoms with E-state index in [9.17, 15) is 10.2 Å². The summed E-state index contributed by atoms with van der Waals surface area (Å²) in [6.45, 7) is 6.12. The third-order valence-corrected chi connectivity index (χ3v) is 5.87. The standard InChI is InChI=1S/C15H28O2/c1-12(2)13(3,16)14-8-4-6-10-15(14,17)11-7-5-9-14/h12,16-17H,4-11H2,1-3H3. The van der Waals surface area contributed by atoms with E-state index in [1.165, 1.54) is 0 Å². The van der Waals surface area contributed by atoms with Crippen molar-refractivity contribution in [2.24, 2.45) is 11.3 Å². The van der Waals surface area contributed by atoms with Crippen LogP contribution in [0.1, 0.15) is 72.1 Å². The second kappa shape index (κ2) is 4.24. The molecule has 2 N–H and O–H groups in total. The maximum Gasteiger partial charge on any atom is 0.0731 e. The number of hydrogen-bond acceptors (Lipinski definition) is 2. The molecule has 2 heteroatoms. The highest BCUT2D eigenvalue weighted by atomic mass is 16.3. The molecule has 1 atom stereocenters. The molecule has 2 aliphatic rings. The average Bonchev–Trinajstić information content (AvgIpc) is 2.27. The summed E-state index contributed by atoms with van der Waals surface area (Å²) in [5.74, 6) is 0.199. The van der Waals surface area contributed by atoms with Crippen molar-refractivity contribution in [3.63, 3.8) is 0 Å². The molecule has 100 valence electrons. The summed E-state index contributed by atoms with van der Waals surface area (Å²) in [7, 11) is 0. The maximum atomic E-state index is 11.1. The molecule has 2 rings (SSSR count). The van der Waals surface area contributed by atoms with Crippen LogP contribution in [0.25, 0.3) is 0 Å². The molecule has 2 fully saturated rings. The minimum atomic E-state index is -0.747. The molecule has 0 amide bonds. The lowest BCUT2D eigenvalue weighted by atomic mass is 9.48. The van der Waals surface area contributed by atoms with Crippen LogP contribution in [0.5, 0.6) is 0 Å². The van der Waals surface area contributed by atoms with Crippen LogP contribution >= 0.6 is 0 Å². The van der Waals surface area contributed by atoms with Gasteiger partial charge in [-0.15, -0.1) is 0 Å². The molecule has 0 heterocycles. The number of rotatable bonds is 2. The van der Waals surface area contributed by atoms with E-state index >= 15 is 0 Å². The second-order valence-electron chi connectivity index (χ2n) is 6.83. The fourth-order valence-corrected chi connectivity index (χ4v) is 4.41. The predicted octanol–water partition coefficient (Wildman–Crippen LogP) is 3.26. The first kappa shape index (κ1) is 13.4. The molecule has 0 saturated heterocycles. The molecule has 0 radical (unpaired) electrons. The molecule has 17 heavy (non-hydrogen) atoms. The molecule has 0 aliphatic heterocycles. The van der Waals surface area contributed by atoms with Gasteiger partial charge < -0.3 is 10.2 Å². The van der Waals surface area contributed by atoms with Gasteiger partial charge in [0.15, 0.2) is 0 Å². The zero-order valence-electron chi connectivity index (χ0n) is 11.6. The summed E-state index contributed by atoms with van der Waals surface area (Å²) in [6, 6.07) is 0. The zero-order chi connectivity index (χ0) is 12.7. The smallest absolute Gasteiger partial charge is 0.0731 e. The van der Waals surface area contributed by atoms with Crippen LogP contribution in [0.4, 0.5) is 0 Å². The Balaban J connectivity index is 2.42. The van der Waals surface area contributed by atoms with Crippen LogP contribution in [0.2, 0.25) is 0 Å². The van der Waals surface area contributed by atoms with Crippen LogP contribution in [-0.4, -0.2) is 21.4 Å². The number of hydrogen-bond donors (Lipinski definition) is 2. The number of fused-ring (bicyclic) bond motifs is 1. The highest BCUT2D eigenvalue weighted by Crippen LogP contribution is 2.60. The van der Waals surface area contributed by atoms with Gasteiger partial charge in [0.1, 0.15) is 0 Å². The van der Waals surface area contributed by atoms with Crippen molar-refractivity contribution in [3.05, 3.63) is 0 Å². The molecule has 1 unspecified atom stereocenters. The van der Waals surface area contributed by atoms with Gasteiger partial charge in [0, 0.05) is 5.41 Å². The van der Waals surface area contributed by atoms with Crippen molar-refractivity contribution in [1.29, 1.82) is 0 Å². The summed E-state index contributed by atoms with van der Waals surface area (Å²) in [5, 5.41) is 22.1. The van der Waals surface area contributed by atoms with Crippen LogP contribution in [0.15, 0.2) is 0 Å². The fraction of sp³-hybridized carbons (Fsp3) is 1.00. The van der Waals surface area contributed by atoms with Gasteiger partial charge in [0.2, 0.25) is 0 Å². The fourth-order valence-electron chi connectivity index (χ4n) is 4.41. The van der Waals surface area contributed by atoms with Gasteiger partial charge in [0.25, 0.3) is 0 Å². The molecule has 0 aromatic heterocycles. The van der Waals surface area contributed by atoms with Crippen molar-refractivity contribution in [3.8, 4) is 0 Å². The van der Waals surface area contributed by atoms with Gasteiger partial charge in [-0.25, -0.2) is 0 Å². The van der Waals surface area contributed by atoms with Crippen molar-refractivity contribution < 1.29 is 10.2 Å². The Morgan fingerprint density at radius 3 is 1.76 bits per heavy atom. The molecule has 2 saturated carbocycles. The van der Waals surface area contributed by atoms with E-state index in [-0.39, 0.29) is 11.3 Å². The predicted molar refractivity (Wildman–Crippen MR) is 69.8 cm³/mol. The van der Waals surface area contributed by atoms with E-state index in [1.54, 1.807) is 0 Å². The lowest BCUT2D eigenvalue weighted by molar-refractivity contribution is -0.242. The Labute approximate surface area is 105 Å². The first-order valence-electron chi connectivity index (χ1n) is 7.30. The third-order valence-electron chi connectivity index (χ3n) is 5.87. The largest absolute Gasteiger partial charge is 0.389 e. The summed E-state index contributed by atoms with van der Waals surface area (Å²) in [4.78, 5) is 0. The Bertz CT molecular complexity index is 262. The highest BCUT2D eigenvalue weighted by molar-refractivity contribution is 5.12. The average molecular weight is 240 g/mol. The minimum absolute atomic E-state index is 0.199. The van der Waals surface area contributed by atoms with E-state index in [2.05, 4.69) is 13.8 Å². The van der Waals surface area contributed by atoms with Crippen molar-refractivity contribution in [1.82, 2.24) is 0 Å². The van der Waals surface area contributed by atoms with Gasteiger partial charge >= 0.3 is 0 Å². The second-order valence-corrected chi connectivity index (χ2v) is 6.83. The highest BCUT2D eigenvalue weighted by Gasteiger charge is 2.62. The van der Waals surface area contributed by atoms with Crippen LogP contribution in [0, 0.1) is 11.3 Å². The Morgan fingerprint density at radius 1 is 0.941 bits per heavy atom. The summed E-state index contributed by atoms with van der Waals surface area (Å²) in [6.07, 6.45) is 8.31. The minimum Gasteiger partial charge on any atom is -0.389 e. The normalized spacial score (nSPS) is 42.0. The monoisotopic (exact) mass is 240 g/mol. The summed E-state index contributed by atoms with van der Waals surface area (Å²) >= 11 is 0. The molecule has 0 bridgehead atoms. The van der Waals surface area contributed by atoms with Gasteiger partial charge in [-0.1, -0.05) is 39.5 Å². The third kappa shape index (κ3) is 1.76. The lowest BCUT2D eigenvalue weighted by Gasteiger charge is -2.61. The maximum absolute atomic E-state index is 11.1. The van der Waals surface area contributed by atoms with Crippen molar-refractivity contribution in [2.45, 2.75) is 83.3 Å². The molecule has 0 aromatic rings. The topological polar surface area (TPSA) is 40.5 Å². The van der Waals surface area contributed by atoms with Gasteiger partial charge in [0.05, 0.1) is 11.2 Å². The van der Waals surface area contributed by atoms with E-state index in [0.717, 1.165) is 51.4 Å². The Kier molecular flexibility index (Phi) is 3.33. The van der Waals surface area contributed by atoms with E-state index in [1.807, 2.05) is 6.92 Å².